The van der Waals surface area contributed by atoms with Gasteiger partial charge in [-0.25, -0.2) is 0 Å². The van der Waals surface area contributed by atoms with Gasteiger partial charge in [0, 0.05) is 5.38 Å². The van der Waals surface area contributed by atoms with E-state index in [0.717, 1.165) is 11.1 Å². The molecule has 19 heavy (non-hydrogen) atoms. The van der Waals surface area contributed by atoms with Gasteiger partial charge in [0.2, 0.25) is 0 Å². The summed E-state index contributed by atoms with van der Waals surface area (Å²) in [5.74, 6) is 0.576. The molecule has 1 heterocycles. The Bertz CT molecular complexity index is 566. The third kappa shape index (κ3) is 3.48. The van der Waals surface area contributed by atoms with Crippen LogP contribution >= 0.6 is 11.3 Å². The molecule has 0 bridgehead atoms. The Morgan fingerprint density at radius 1 is 1.37 bits per heavy atom. The molecule has 1 amide bonds. The topological polar surface area (TPSA) is 64.3 Å². The van der Waals surface area contributed by atoms with Crippen LogP contribution in [0.5, 0.6) is 5.75 Å². The van der Waals surface area contributed by atoms with E-state index in [0.29, 0.717) is 24.6 Å². The molecule has 3 N–H and O–H groups in total. The molecular weight excluding hydrogens is 260 g/mol. The Labute approximate surface area is 116 Å². The monoisotopic (exact) mass is 276 g/mol. The molecule has 0 unspecified atom stereocenters. The van der Waals surface area contributed by atoms with Crippen molar-refractivity contribution < 1.29 is 9.53 Å². The molecule has 2 aromatic rings. The Morgan fingerprint density at radius 2 is 2.16 bits per heavy atom. The van der Waals surface area contributed by atoms with Crippen LogP contribution in [0.4, 0.5) is 5.69 Å². The van der Waals surface area contributed by atoms with Crippen molar-refractivity contribution in [1.82, 2.24) is 5.32 Å². The molecular formula is C14H16N2O2S. The molecule has 4 nitrogen and oxygen atoms in total. The summed E-state index contributed by atoms with van der Waals surface area (Å²) >= 11 is 1.52. The number of rotatable bonds is 5. The molecule has 0 spiro atoms. The summed E-state index contributed by atoms with van der Waals surface area (Å²) in [6, 6.07) is 7.30. The van der Waals surface area contributed by atoms with Crippen molar-refractivity contribution in [3.05, 3.63) is 46.2 Å². The number of benzene rings is 1. The second-order valence-electron chi connectivity index (χ2n) is 4.11. The summed E-state index contributed by atoms with van der Waals surface area (Å²) in [6.45, 7) is 2.76. The fraction of sp³-hybridized carbons (Fsp3) is 0.214. The van der Waals surface area contributed by atoms with Crippen LogP contribution < -0.4 is 15.8 Å². The molecule has 1 aromatic carbocycles. The number of para-hydroxylation sites is 2. The van der Waals surface area contributed by atoms with Crippen LogP contribution in [0.25, 0.3) is 0 Å². The smallest absolute Gasteiger partial charge is 0.252 e. The van der Waals surface area contributed by atoms with Gasteiger partial charge in [-0.1, -0.05) is 12.1 Å². The van der Waals surface area contributed by atoms with Gasteiger partial charge in [-0.05, 0) is 30.0 Å². The Hall–Kier alpha value is -2.01. The Kier molecular flexibility index (Phi) is 4.41. The minimum atomic E-state index is -0.0663. The molecule has 0 atom stereocenters. The van der Waals surface area contributed by atoms with E-state index in [1.807, 2.05) is 29.8 Å². The second kappa shape index (κ2) is 6.24. The summed E-state index contributed by atoms with van der Waals surface area (Å²) in [7, 11) is 0. The average molecular weight is 276 g/mol. The van der Waals surface area contributed by atoms with Crippen LogP contribution in [-0.4, -0.2) is 19.1 Å². The minimum absolute atomic E-state index is 0.0663. The number of nitrogens with two attached hydrogens (primary N) is 1. The fourth-order valence-electron chi connectivity index (χ4n) is 1.63. The Morgan fingerprint density at radius 3 is 2.84 bits per heavy atom. The summed E-state index contributed by atoms with van der Waals surface area (Å²) in [5.41, 5.74) is 8.07. The van der Waals surface area contributed by atoms with E-state index in [4.69, 9.17) is 10.5 Å². The van der Waals surface area contributed by atoms with Crippen molar-refractivity contribution in [2.75, 3.05) is 18.9 Å². The third-order valence-electron chi connectivity index (χ3n) is 2.66. The Balaban J connectivity index is 1.77. The molecule has 100 valence electrons. The lowest BCUT2D eigenvalue weighted by Crippen LogP contribution is -2.28. The van der Waals surface area contributed by atoms with Gasteiger partial charge in [0.15, 0.2) is 0 Å². The van der Waals surface area contributed by atoms with Crippen molar-refractivity contribution in [2.45, 2.75) is 6.92 Å². The van der Waals surface area contributed by atoms with Gasteiger partial charge in [-0.15, -0.1) is 0 Å². The minimum Gasteiger partial charge on any atom is -0.490 e. The summed E-state index contributed by atoms with van der Waals surface area (Å²) in [6.07, 6.45) is 0. The number of hydrogen-bond acceptors (Lipinski definition) is 4. The first-order chi connectivity index (χ1) is 9.18. The van der Waals surface area contributed by atoms with Gasteiger partial charge in [-0.2, -0.15) is 11.3 Å². The maximum absolute atomic E-state index is 11.8. The number of carbonyl (C=O) groups is 1. The number of thiophene rings is 1. The highest BCUT2D eigenvalue weighted by Crippen LogP contribution is 2.19. The molecule has 5 heteroatoms. The number of carbonyl (C=O) groups excluding carboxylic acids is 1. The van der Waals surface area contributed by atoms with Gasteiger partial charge in [-0.3, -0.25) is 4.79 Å². The van der Waals surface area contributed by atoms with E-state index in [-0.39, 0.29) is 5.91 Å². The number of nitrogens with one attached hydrogen (secondary N) is 1. The lowest BCUT2D eigenvalue weighted by Gasteiger charge is -2.09. The van der Waals surface area contributed by atoms with Crippen molar-refractivity contribution in [1.29, 1.82) is 0 Å². The van der Waals surface area contributed by atoms with E-state index in [1.54, 1.807) is 12.1 Å². The van der Waals surface area contributed by atoms with Crippen LogP contribution in [0.1, 0.15) is 15.9 Å². The lowest BCUT2D eigenvalue weighted by atomic mass is 10.2. The zero-order chi connectivity index (χ0) is 13.7. The van der Waals surface area contributed by atoms with Crippen molar-refractivity contribution >= 4 is 22.9 Å². The van der Waals surface area contributed by atoms with Crippen LogP contribution in [0.15, 0.2) is 35.0 Å². The fourth-order valence-corrected chi connectivity index (χ4v) is 2.45. The molecule has 0 aliphatic rings. The number of amides is 1. The molecule has 0 radical (unpaired) electrons. The maximum atomic E-state index is 11.8. The van der Waals surface area contributed by atoms with Crippen LogP contribution in [0.3, 0.4) is 0 Å². The van der Waals surface area contributed by atoms with Crippen LogP contribution in [0.2, 0.25) is 0 Å². The van der Waals surface area contributed by atoms with Gasteiger partial charge in [0.05, 0.1) is 17.8 Å². The molecule has 0 aliphatic carbocycles. The standard InChI is InChI=1S/C14H16N2O2S/c1-10-8-19-9-11(10)14(17)16-6-7-18-13-5-3-2-4-12(13)15/h2-5,8-9H,6-7,15H2,1H3,(H,16,17). The van der Waals surface area contributed by atoms with Gasteiger partial charge >= 0.3 is 0 Å². The van der Waals surface area contributed by atoms with Gasteiger partial charge < -0.3 is 15.8 Å². The van der Waals surface area contributed by atoms with E-state index in [9.17, 15) is 4.79 Å². The number of aryl methyl sites for hydroxylation is 1. The highest BCUT2D eigenvalue weighted by atomic mass is 32.1. The van der Waals surface area contributed by atoms with E-state index < -0.39 is 0 Å². The highest BCUT2D eigenvalue weighted by Gasteiger charge is 2.08. The largest absolute Gasteiger partial charge is 0.490 e. The number of anilines is 1. The average Bonchev–Trinajstić information content (AvgIpc) is 2.82. The SMILES string of the molecule is Cc1cscc1C(=O)NCCOc1ccccc1N. The van der Waals surface area contributed by atoms with Gasteiger partial charge in [0.25, 0.3) is 5.91 Å². The highest BCUT2D eigenvalue weighted by molar-refractivity contribution is 7.08. The molecule has 2 rings (SSSR count). The van der Waals surface area contributed by atoms with Crippen molar-refractivity contribution in [2.24, 2.45) is 0 Å². The number of hydrogen-bond donors (Lipinski definition) is 2. The molecule has 0 aliphatic heterocycles. The molecule has 0 saturated carbocycles. The van der Waals surface area contributed by atoms with E-state index in [2.05, 4.69) is 5.32 Å². The summed E-state index contributed by atoms with van der Waals surface area (Å²) < 4.78 is 5.50. The van der Waals surface area contributed by atoms with Crippen molar-refractivity contribution in [3.8, 4) is 5.75 Å². The predicted octanol–water partition coefficient (Wildman–Crippen LogP) is 2.45. The quantitative estimate of drug-likeness (QED) is 0.651. The first-order valence-corrected chi connectivity index (χ1v) is 6.91. The first-order valence-electron chi connectivity index (χ1n) is 5.97. The zero-order valence-corrected chi connectivity index (χ0v) is 11.5. The first kappa shape index (κ1) is 13.4. The number of nitrogen functional groups attached to an aromatic ring is 1. The van der Waals surface area contributed by atoms with Crippen LogP contribution in [0, 0.1) is 6.92 Å². The molecule has 1 aromatic heterocycles. The summed E-state index contributed by atoms with van der Waals surface area (Å²) in [5, 5.41) is 6.62. The van der Waals surface area contributed by atoms with E-state index in [1.165, 1.54) is 11.3 Å². The second-order valence-corrected chi connectivity index (χ2v) is 4.85. The normalized spacial score (nSPS) is 10.2. The predicted molar refractivity (Wildman–Crippen MR) is 77.7 cm³/mol. The molecule has 0 fully saturated rings. The maximum Gasteiger partial charge on any atom is 0.252 e. The van der Waals surface area contributed by atoms with Crippen LogP contribution in [-0.2, 0) is 0 Å². The van der Waals surface area contributed by atoms with Crippen molar-refractivity contribution in [3.63, 3.8) is 0 Å². The summed E-state index contributed by atoms with van der Waals surface area (Å²) in [4.78, 5) is 11.8. The van der Waals surface area contributed by atoms with E-state index >= 15 is 0 Å². The third-order valence-corrected chi connectivity index (χ3v) is 3.53. The van der Waals surface area contributed by atoms with Gasteiger partial charge in [0.1, 0.15) is 12.4 Å². The lowest BCUT2D eigenvalue weighted by molar-refractivity contribution is 0.0947. The molecule has 0 saturated heterocycles. The zero-order valence-electron chi connectivity index (χ0n) is 10.7. The number of ether oxygens (including phenoxy) is 1.